The summed E-state index contributed by atoms with van der Waals surface area (Å²) in [7, 11) is 0. The van der Waals surface area contributed by atoms with Gasteiger partial charge in [-0.25, -0.2) is 0 Å². The molecule has 7 rings (SSSR count). The predicted molar refractivity (Wildman–Crippen MR) is 276 cm³/mol. The topological polar surface area (TPSA) is 376 Å². The number of Topliss-reactive ketones (excluding diaryl/α,β-unsaturated/α-hetero) is 1. The lowest BCUT2D eigenvalue weighted by Crippen LogP contribution is -2.69. The summed E-state index contributed by atoms with van der Waals surface area (Å²) in [6, 6.07) is 6.33. The number of amides is 8. The Hall–Kier alpha value is -7.19. The first-order chi connectivity index (χ1) is 35.3. The van der Waals surface area contributed by atoms with Crippen molar-refractivity contribution in [2.45, 2.75) is 100 Å². The number of thioether (sulfide) groups is 2. The standard InChI is InChI=1S/C48H63N13O11S2/c1-25(2)15-31-42(67)57-34(37(62)19-49)23-74-48(72)59-33(17-27-20-53-29-12-7-6-11-28(27)29)44(69)55-30(13-8-14-52-47(50)51)41(66)58-35-24-73-39-22-60(46(71)36(18-40(64)65)61(39)45(35)70)21-38(63)54-32(43(68)56-31)16-26-9-4-3-5-10-26/h3-7,9-12,20,25,30-36,39,53H,8,13-19,21-24,49H2,1-2H3,(H,54,63)(H,55,69)(H,56,68)(H,57,67)(H,58,66)(H,59,72)(H,64,65)(H4,50,51,52)/t30-,31-,32-,33-,34?,35-,36-,39?/m0/s1. The smallest absolute Gasteiger partial charge is 0.305 e. The number of carbonyl (C=O) groups excluding carboxylic acids is 9. The van der Waals surface area contributed by atoms with Crippen LogP contribution in [0.3, 0.4) is 0 Å². The van der Waals surface area contributed by atoms with Crippen LogP contribution in [-0.2, 0) is 56.0 Å². The highest BCUT2D eigenvalue weighted by molar-refractivity contribution is 8.13. The second kappa shape index (κ2) is 26.2. The number of aromatic amines is 1. The van der Waals surface area contributed by atoms with Gasteiger partial charge in [0.15, 0.2) is 11.7 Å². The van der Waals surface area contributed by atoms with E-state index in [1.165, 1.54) is 0 Å². The number of aliphatic carboxylic acids is 1. The fourth-order valence-electron chi connectivity index (χ4n) is 8.85. The minimum atomic E-state index is -1.60. The number of rotatable bonds is 14. The Morgan fingerprint density at radius 3 is 2.14 bits per heavy atom. The number of aliphatic imine (C=N–C) groups is 1. The normalized spacial score (nSPS) is 24.9. The molecule has 8 atom stereocenters. The Balaban J connectivity index is 1.37. The van der Waals surface area contributed by atoms with Crippen LogP contribution in [-0.4, -0.2) is 170 Å². The van der Waals surface area contributed by atoms with E-state index in [4.69, 9.17) is 17.2 Å². The van der Waals surface area contributed by atoms with E-state index in [1.807, 2.05) is 18.2 Å². The van der Waals surface area contributed by atoms with E-state index in [2.05, 4.69) is 41.9 Å². The van der Waals surface area contributed by atoms with E-state index < -0.39 is 126 Å². The average molecular weight is 1060 g/mol. The number of guanidine groups is 1. The third-order valence-electron chi connectivity index (χ3n) is 12.5. The highest BCUT2D eigenvalue weighted by Gasteiger charge is 2.50. The lowest BCUT2D eigenvalue weighted by Gasteiger charge is -2.49. The largest absolute Gasteiger partial charge is 0.481 e. The SMILES string of the molecule is CC(C)C[C@@H]1NC(=O)[C@H](Cc2ccccc2)NC(=O)CN2CC3SC[C@H](NC(=O)[C@H](CCCN=C(N)N)NC(=O)[C@H](Cc4c[nH]c5ccccc45)NC(=O)SCC(C(=O)CN)NC1=O)C(=O)N3[C@@H](CC(=O)O)C2=O. The zero-order valence-corrected chi connectivity index (χ0v) is 42.5. The van der Waals surface area contributed by atoms with Crippen molar-refractivity contribution >= 4 is 98.7 Å². The number of hydrogen-bond acceptors (Lipinski definition) is 14. The molecule has 3 aromatic rings. The Labute approximate surface area is 434 Å². The molecule has 4 aliphatic heterocycles. The maximum Gasteiger partial charge on any atom is 0.305 e. The Morgan fingerprint density at radius 2 is 1.45 bits per heavy atom. The maximum atomic E-state index is 14.5. The molecule has 4 fully saturated rings. The van der Waals surface area contributed by atoms with Crippen molar-refractivity contribution in [2.24, 2.45) is 28.1 Å². The molecule has 4 bridgehead atoms. The molecule has 0 spiro atoms. The van der Waals surface area contributed by atoms with Crippen molar-refractivity contribution in [3.63, 3.8) is 0 Å². The van der Waals surface area contributed by atoms with E-state index in [-0.39, 0.29) is 68.6 Å². The number of nitrogens with one attached hydrogen (secondary N) is 7. The quantitative estimate of drug-likeness (QED) is 0.0376. The monoisotopic (exact) mass is 1060 g/mol. The molecular formula is C48H63N13O11S2. The van der Waals surface area contributed by atoms with Crippen LogP contribution in [0, 0.1) is 5.92 Å². The van der Waals surface area contributed by atoms with Gasteiger partial charge >= 0.3 is 5.97 Å². The van der Waals surface area contributed by atoms with Crippen LogP contribution in [0.1, 0.15) is 50.7 Å². The summed E-state index contributed by atoms with van der Waals surface area (Å²) in [4.78, 5) is 149. The van der Waals surface area contributed by atoms with Crippen LogP contribution in [0.25, 0.3) is 10.9 Å². The second-order valence-electron chi connectivity index (χ2n) is 18.5. The van der Waals surface area contributed by atoms with Gasteiger partial charge in [0.25, 0.3) is 5.24 Å². The van der Waals surface area contributed by atoms with Crippen molar-refractivity contribution in [3.05, 3.63) is 71.9 Å². The lowest BCUT2D eigenvalue weighted by atomic mass is 10.0. The zero-order valence-electron chi connectivity index (χ0n) is 40.9. The van der Waals surface area contributed by atoms with Gasteiger partial charge in [0, 0.05) is 48.0 Å². The Morgan fingerprint density at radius 1 is 0.784 bits per heavy atom. The number of para-hydroxylation sites is 1. The van der Waals surface area contributed by atoms with Crippen LogP contribution in [0.4, 0.5) is 4.79 Å². The molecule has 74 heavy (non-hydrogen) atoms. The number of benzene rings is 2. The highest BCUT2D eigenvalue weighted by Crippen LogP contribution is 2.33. The molecule has 8 amide bonds. The minimum absolute atomic E-state index is 0.0484. The molecule has 2 unspecified atom stereocenters. The van der Waals surface area contributed by atoms with Crippen LogP contribution < -0.4 is 49.1 Å². The van der Waals surface area contributed by atoms with Crippen molar-refractivity contribution in [1.29, 1.82) is 0 Å². The van der Waals surface area contributed by atoms with Crippen LogP contribution in [0.5, 0.6) is 0 Å². The first kappa shape index (κ1) is 56.1. The van der Waals surface area contributed by atoms with Crippen molar-refractivity contribution in [2.75, 3.05) is 37.7 Å². The molecule has 14 N–H and O–H groups in total. The third-order valence-corrected chi connectivity index (χ3v) is 14.7. The lowest BCUT2D eigenvalue weighted by molar-refractivity contribution is -0.159. The zero-order chi connectivity index (χ0) is 53.6. The second-order valence-corrected chi connectivity index (χ2v) is 20.7. The number of aromatic nitrogens is 1. The van der Waals surface area contributed by atoms with Crippen molar-refractivity contribution in [3.8, 4) is 0 Å². The molecule has 0 radical (unpaired) electrons. The summed E-state index contributed by atoms with van der Waals surface area (Å²) in [5, 5.41) is 25.2. The predicted octanol–water partition coefficient (Wildman–Crippen LogP) is -1.58. The fourth-order valence-corrected chi connectivity index (χ4v) is 11.0. The van der Waals surface area contributed by atoms with E-state index >= 15 is 0 Å². The molecule has 26 heteroatoms. The summed E-state index contributed by atoms with van der Waals surface area (Å²) in [6.45, 7) is 2.26. The highest BCUT2D eigenvalue weighted by atomic mass is 32.2. The number of piperazine rings is 1. The van der Waals surface area contributed by atoms with Gasteiger partial charge in [-0.1, -0.05) is 74.1 Å². The summed E-state index contributed by atoms with van der Waals surface area (Å²) in [6.07, 6.45) is 0.823. The van der Waals surface area contributed by atoms with Gasteiger partial charge in [-0.3, -0.25) is 52.9 Å². The van der Waals surface area contributed by atoms with Gasteiger partial charge in [-0.15, -0.1) is 11.8 Å². The molecule has 2 aromatic carbocycles. The molecule has 4 aliphatic rings. The Kier molecular flexibility index (Phi) is 19.8. The number of H-pyrrole nitrogens is 1. The molecule has 4 saturated heterocycles. The van der Waals surface area contributed by atoms with E-state index in [0.29, 0.717) is 22.9 Å². The average Bonchev–Trinajstić information content (AvgIpc) is 3.76. The van der Waals surface area contributed by atoms with Crippen molar-refractivity contribution in [1.82, 2.24) is 46.7 Å². The third kappa shape index (κ3) is 15.2. The maximum absolute atomic E-state index is 14.5. The molecule has 5 heterocycles. The van der Waals surface area contributed by atoms with Gasteiger partial charge in [0.05, 0.1) is 37.5 Å². The summed E-state index contributed by atoms with van der Waals surface area (Å²) in [5.41, 5.74) is 18.8. The fraction of sp³-hybridized carbons (Fsp3) is 0.479. The molecule has 24 nitrogen and oxygen atoms in total. The van der Waals surface area contributed by atoms with E-state index in [9.17, 15) is 53.1 Å². The first-order valence-corrected chi connectivity index (χ1v) is 26.1. The van der Waals surface area contributed by atoms with Crippen LogP contribution in [0.15, 0.2) is 65.8 Å². The van der Waals surface area contributed by atoms with Gasteiger partial charge in [-0.05, 0) is 42.4 Å². The number of ketones is 1. The number of nitrogens with two attached hydrogens (primary N) is 3. The van der Waals surface area contributed by atoms with Gasteiger partial charge in [0.1, 0.15) is 36.3 Å². The first-order valence-electron chi connectivity index (χ1n) is 24.1. The minimum Gasteiger partial charge on any atom is -0.481 e. The summed E-state index contributed by atoms with van der Waals surface area (Å²) < 4.78 is 0. The van der Waals surface area contributed by atoms with Gasteiger partial charge in [0.2, 0.25) is 41.4 Å². The number of nitrogens with zero attached hydrogens (tertiary/aromatic N) is 3. The van der Waals surface area contributed by atoms with Crippen molar-refractivity contribution < 1.29 is 53.1 Å². The molecular weight excluding hydrogens is 999 g/mol. The summed E-state index contributed by atoms with van der Waals surface area (Å²) in [5.74, 6) is -8.54. The van der Waals surface area contributed by atoms with Crippen LogP contribution >= 0.6 is 23.5 Å². The number of carboxylic acids is 1. The number of carboxylic acid groups (broad SMARTS) is 1. The number of hydrogen-bond donors (Lipinski definition) is 11. The van der Waals surface area contributed by atoms with E-state index in [0.717, 1.165) is 32.5 Å². The molecule has 0 saturated carbocycles. The number of carbonyl (C=O) groups is 10. The molecule has 0 aliphatic carbocycles. The summed E-state index contributed by atoms with van der Waals surface area (Å²) >= 11 is 1.71. The molecule has 398 valence electrons. The van der Waals surface area contributed by atoms with Gasteiger partial charge < -0.3 is 69.0 Å². The van der Waals surface area contributed by atoms with E-state index in [1.54, 1.807) is 56.4 Å². The van der Waals surface area contributed by atoms with Crippen LogP contribution in [0.2, 0.25) is 0 Å². The Bertz CT molecular complexity index is 2610. The number of fused-ring (bicyclic) bond motifs is 22. The van der Waals surface area contributed by atoms with Gasteiger partial charge in [-0.2, -0.15) is 0 Å². The molecule has 1 aromatic heterocycles.